The first-order valence-corrected chi connectivity index (χ1v) is 10.9. The minimum atomic E-state index is -3.30. The molecule has 0 spiro atoms. The Morgan fingerprint density at radius 2 is 1.46 bits per heavy atom. The number of anilines is 1. The minimum absolute atomic E-state index is 0.564. The van der Waals surface area contributed by atoms with Crippen molar-refractivity contribution >= 4 is 39.1 Å². The zero-order valence-corrected chi connectivity index (χ0v) is 15.8. The monoisotopic (exact) mass is 379 g/mol. The Bertz CT molecular complexity index is 1070. The van der Waals surface area contributed by atoms with Crippen molar-refractivity contribution in [3.8, 4) is 0 Å². The molecule has 4 rings (SSSR count). The maximum atomic E-state index is 11.5. The Hall–Kier alpha value is -2.50. The van der Waals surface area contributed by atoms with Crippen LogP contribution in [0.2, 0.25) is 0 Å². The van der Waals surface area contributed by atoms with Crippen molar-refractivity contribution in [3.05, 3.63) is 89.5 Å². The van der Waals surface area contributed by atoms with Gasteiger partial charge in [-0.2, -0.15) is 0 Å². The van der Waals surface area contributed by atoms with Crippen molar-refractivity contribution in [2.75, 3.05) is 11.0 Å². The van der Waals surface area contributed by atoms with E-state index in [9.17, 15) is 8.42 Å². The summed E-state index contributed by atoms with van der Waals surface area (Å²) in [5.74, 6) is 0. The highest BCUT2D eigenvalue weighted by Crippen LogP contribution is 2.45. The number of nitrogens with one attached hydrogen (secondary N) is 1. The van der Waals surface area contributed by atoms with Gasteiger partial charge in [-0.25, -0.2) is 8.42 Å². The third kappa shape index (κ3) is 3.54. The van der Waals surface area contributed by atoms with Crippen molar-refractivity contribution in [1.82, 2.24) is 0 Å². The predicted octanol–water partition coefficient (Wildman–Crippen LogP) is 5.11. The van der Waals surface area contributed by atoms with E-state index in [1.54, 1.807) is 17.8 Å². The Labute approximate surface area is 157 Å². The fourth-order valence-electron chi connectivity index (χ4n) is 3.05. The smallest absolute Gasteiger partial charge is 0.229 e. The highest BCUT2D eigenvalue weighted by Gasteiger charge is 2.20. The van der Waals surface area contributed by atoms with E-state index in [0.717, 1.165) is 17.4 Å². The average molecular weight is 380 g/mol. The van der Waals surface area contributed by atoms with E-state index in [4.69, 9.17) is 0 Å². The molecule has 5 heteroatoms. The molecule has 1 aliphatic rings. The van der Waals surface area contributed by atoms with Gasteiger partial charge in [0, 0.05) is 15.5 Å². The summed E-state index contributed by atoms with van der Waals surface area (Å²) in [4.78, 5) is 2.45. The molecule has 0 fully saturated rings. The second kappa shape index (κ2) is 6.67. The zero-order chi connectivity index (χ0) is 18.1. The van der Waals surface area contributed by atoms with Crippen molar-refractivity contribution in [2.45, 2.75) is 9.79 Å². The van der Waals surface area contributed by atoms with Crippen molar-refractivity contribution in [2.24, 2.45) is 0 Å². The van der Waals surface area contributed by atoms with E-state index in [0.29, 0.717) is 5.69 Å². The molecule has 26 heavy (non-hydrogen) atoms. The van der Waals surface area contributed by atoms with E-state index in [-0.39, 0.29) is 0 Å². The Kier molecular flexibility index (Phi) is 4.34. The van der Waals surface area contributed by atoms with Crippen LogP contribution < -0.4 is 4.72 Å². The molecule has 3 aromatic rings. The number of hydrogen-bond donors (Lipinski definition) is 1. The number of benzene rings is 3. The molecule has 0 bridgehead atoms. The molecule has 0 amide bonds. The summed E-state index contributed by atoms with van der Waals surface area (Å²) in [6.45, 7) is 0. The standard InChI is InChI=1S/C21H17NO2S2/c1-26(23,24)22-16-8-6-7-15(13-16)14-19-17-9-2-4-11-20(17)25-21-12-5-3-10-18(19)21/h2-14,22H,1H3. The van der Waals surface area contributed by atoms with Gasteiger partial charge >= 0.3 is 0 Å². The molecule has 130 valence electrons. The molecule has 0 unspecified atom stereocenters. The van der Waals surface area contributed by atoms with Crippen LogP contribution in [0.15, 0.2) is 82.6 Å². The summed E-state index contributed by atoms with van der Waals surface area (Å²) in [5, 5.41) is 0. The largest absolute Gasteiger partial charge is 0.284 e. The van der Waals surface area contributed by atoms with Gasteiger partial charge in [-0.3, -0.25) is 4.72 Å². The molecule has 1 aliphatic heterocycles. The fourth-order valence-corrected chi connectivity index (χ4v) is 4.71. The maximum Gasteiger partial charge on any atom is 0.229 e. The molecule has 3 aromatic carbocycles. The predicted molar refractivity (Wildman–Crippen MR) is 109 cm³/mol. The zero-order valence-electron chi connectivity index (χ0n) is 14.1. The summed E-state index contributed by atoms with van der Waals surface area (Å²) < 4.78 is 25.5. The molecule has 1 N–H and O–H groups in total. The number of rotatable bonds is 3. The van der Waals surface area contributed by atoms with E-state index >= 15 is 0 Å². The fraction of sp³-hybridized carbons (Fsp3) is 0.0476. The molecule has 0 saturated heterocycles. The van der Waals surface area contributed by atoms with Crippen LogP contribution in [-0.2, 0) is 10.0 Å². The van der Waals surface area contributed by atoms with Gasteiger partial charge in [0.15, 0.2) is 0 Å². The van der Waals surface area contributed by atoms with E-state index < -0.39 is 10.0 Å². The average Bonchev–Trinajstić information content (AvgIpc) is 2.60. The first-order chi connectivity index (χ1) is 12.5. The third-order valence-electron chi connectivity index (χ3n) is 4.08. The lowest BCUT2D eigenvalue weighted by atomic mass is 9.95. The molecule has 0 saturated carbocycles. The normalized spacial score (nSPS) is 12.9. The molecular formula is C21H17NO2S2. The summed E-state index contributed by atoms with van der Waals surface area (Å²) in [5.41, 5.74) is 5.04. The Balaban J connectivity index is 1.84. The van der Waals surface area contributed by atoms with Crippen molar-refractivity contribution in [1.29, 1.82) is 0 Å². The third-order valence-corrected chi connectivity index (χ3v) is 5.83. The molecule has 1 heterocycles. The van der Waals surface area contributed by atoms with Crippen molar-refractivity contribution in [3.63, 3.8) is 0 Å². The first kappa shape index (κ1) is 16.9. The van der Waals surface area contributed by atoms with E-state index in [1.807, 2.05) is 42.5 Å². The first-order valence-electron chi connectivity index (χ1n) is 8.16. The molecule has 3 nitrogen and oxygen atoms in total. The van der Waals surface area contributed by atoms with Crippen LogP contribution in [-0.4, -0.2) is 14.7 Å². The molecular weight excluding hydrogens is 362 g/mol. The van der Waals surface area contributed by atoms with Crippen LogP contribution in [0.25, 0.3) is 11.6 Å². The topological polar surface area (TPSA) is 46.2 Å². The maximum absolute atomic E-state index is 11.5. The highest BCUT2D eigenvalue weighted by molar-refractivity contribution is 7.99. The summed E-state index contributed by atoms with van der Waals surface area (Å²) >= 11 is 1.78. The minimum Gasteiger partial charge on any atom is -0.284 e. The van der Waals surface area contributed by atoms with Crippen LogP contribution in [0.5, 0.6) is 0 Å². The van der Waals surface area contributed by atoms with Gasteiger partial charge in [0.2, 0.25) is 10.0 Å². The Morgan fingerprint density at radius 1 is 0.846 bits per heavy atom. The molecule has 0 aromatic heterocycles. The number of hydrogen-bond acceptors (Lipinski definition) is 3. The van der Waals surface area contributed by atoms with Crippen LogP contribution in [0.4, 0.5) is 5.69 Å². The molecule has 0 aliphatic carbocycles. The van der Waals surface area contributed by atoms with Crippen LogP contribution in [0.1, 0.15) is 16.7 Å². The summed E-state index contributed by atoms with van der Waals surface area (Å²) in [6.07, 6.45) is 3.27. The lowest BCUT2D eigenvalue weighted by molar-refractivity contribution is 0.607. The van der Waals surface area contributed by atoms with Crippen LogP contribution >= 0.6 is 11.8 Å². The number of fused-ring (bicyclic) bond motifs is 2. The van der Waals surface area contributed by atoms with Gasteiger partial charge < -0.3 is 0 Å². The van der Waals surface area contributed by atoms with Gasteiger partial charge in [-0.1, -0.05) is 60.3 Å². The Morgan fingerprint density at radius 3 is 2.08 bits per heavy atom. The second-order valence-electron chi connectivity index (χ2n) is 6.15. The summed E-state index contributed by atoms with van der Waals surface area (Å²) in [7, 11) is -3.30. The summed E-state index contributed by atoms with van der Waals surface area (Å²) in [6, 6.07) is 24.1. The van der Waals surface area contributed by atoms with Crippen LogP contribution in [0, 0.1) is 0 Å². The molecule has 0 atom stereocenters. The van der Waals surface area contributed by atoms with Gasteiger partial charge in [0.25, 0.3) is 0 Å². The highest BCUT2D eigenvalue weighted by atomic mass is 32.2. The van der Waals surface area contributed by atoms with Crippen molar-refractivity contribution < 1.29 is 8.42 Å². The number of sulfonamides is 1. The quantitative estimate of drug-likeness (QED) is 0.538. The van der Waals surface area contributed by atoms with E-state index in [2.05, 4.69) is 35.1 Å². The van der Waals surface area contributed by atoms with E-state index in [1.165, 1.54) is 20.9 Å². The second-order valence-corrected chi connectivity index (χ2v) is 8.98. The van der Waals surface area contributed by atoms with Gasteiger partial charge in [-0.15, -0.1) is 0 Å². The van der Waals surface area contributed by atoms with Gasteiger partial charge in [-0.05, 0) is 52.6 Å². The SMILES string of the molecule is CS(=O)(=O)Nc1cccc(C=C2c3ccccc3Sc3ccccc32)c1. The van der Waals surface area contributed by atoms with Crippen LogP contribution in [0.3, 0.4) is 0 Å². The lowest BCUT2D eigenvalue weighted by Crippen LogP contribution is -2.09. The van der Waals surface area contributed by atoms with Gasteiger partial charge in [0.05, 0.1) is 6.26 Å². The van der Waals surface area contributed by atoms with Gasteiger partial charge in [0.1, 0.15) is 0 Å². The molecule has 0 radical (unpaired) electrons. The lowest BCUT2D eigenvalue weighted by Gasteiger charge is -2.22.